The molecule has 2 nitrogen and oxygen atoms in total. The van der Waals surface area contributed by atoms with Crippen LogP contribution >= 0.6 is 0 Å². The van der Waals surface area contributed by atoms with Crippen molar-refractivity contribution in [2.75, 3.05) is 6.61 Å². The van der Waals surface area contributed by atoms with E-state index in [1.807, 2.05) is 18.2 Å². The van der Waals surface area contributed by atoms with Crippen LogP contribution in [0.2, 0.25) is 0 Å². The lowest BCUT2D eigenvalue weighted by molar-refractivity contribution is 0.198. The third kappa shape index (κ3) is 2.81. The summed E-state index contributed by atoms with van der Waals surface area (Å²) in [6.07, 6.45) is 4.57. The van der Waals surface area contributed by atoms with E-state index in [4.69, 9.17) is 11.2 Å². The zero-order valence-electron chi connectivity index (χ0n) is 7.53. The summed E-state index contributed by atoms with van der Waals surface area (Å²) in [7, 11) is 0. The van der Waals surface area contributed by atoms with Crippen LogP contribution in [0.3, 0.4) is 0 Å². The van der Waals surface area contributed by atoms with Gasteiger partial charge in [-0.15, -0.1) is 6.42 Å². The van der Waals surface area contributed by atoms with E-state index < -0.39 is 6.10 Å². The highest BCUT2D eigenvalue weighted by Gasteiger charge is 2.01. The Balaban J connectivity index is 2.75. The van der Waals surface area contributed by atoms with Crippen molar-refractivity contribution in [2.45, 2.75) is 13.0 Å². The fraction of sp³-hybridized carbons (Fsp3) is 0.273. The van der Waals surface area contributed by atoms with Crippen LogP contribution in [0.1, 0.15) is 18.6 Å². The van der Waals surface area contributed by atoms with Crippen LogP contribution in [0.4, 0.5) is 0 Å². The van der Waals surface area contributed by atoms with E-state index in [0.29, 0.717) is 5.75 Å². The van der Waals surface area contributed by atoms with Gasteiger partial charge in [0.2, 0.25) is 0 Å². The zero-order valence-corrected chi connectivity index (χ0v) is 7.53. The van der Waals surface area contributed by atoms with Gasteiger partial charge in [-0.25, -0.2) is 0 Å². The van der Waals surface area contributed by atoms with Crippen molar-refractivity contribution < 1.29 is 9.84 Å². The van der Waals surface area contributed by atoms with Crippen LogP contribution in [0.15, 0.2) is 24.3 Å². The van der Waals surface area contributed by atoms with E-state index in [1.165, 1.54) is 0 Å². The molecule has 0 heterocycles. The van der Waals surface area contributed by atoms with Crippen molar-refractivity contribution in [3.8, 4) is 18.1 Å². The lowest BCUT2D eigenvalue weighted by Crippen LogP contribution is -1.96. The highest BCUT2D eigenvalue weighted by atomic mass is 16.5. The molecule has 1 aromatic carbocycles. The topological polar surface area (TPSA) is 29.5 Å². The molecule has 2 heteroatoms. The smallest absolute Gasteiger partial charge is 0.148 e. The highest BCUT2D eigenvalue weighted by Crippen LogP contribution is 2.18. The van der Waals surface area contributed by atoms with Crippen LogP contribution in [0.25, 0.3) is 0 Å². The Morgan fingerprint density at radius 1 is 1.62 bits per heavy atom. The van der Waals surface area contributed by atoms with Gasteiger partial charge in [0, 0.05) is 0 Å². The average molecular weight is 176 g/mol. The van der Waals surface area contributed by atoms with Crippen LogP contribution in [-0.4, -0.2) is 11.7 Å². The van der Waals surface area contributed by atoms with E-state index in [0.717, 1.165) is 5.56 Å². The van der Waals surface area contributed by atoms with Gasteiger partial charge < -0.3 is 9.84 Å². The van der Waals surface area contributed by atoms with Gasteiger partial charge in [0.05, 0.1) is 6.10 Å². The molecule has 0 saturated carbocycles. The van der Waals surface area contributed by atoms with E-state index in [1.54, 1.807) is 13.0 Å². The summed E-state index contributed by atoms with van der Waals surface area (Å²) in [4.78, 5) is 0. The molecule has 0 aromatic heterocycles. The molecule has 0 radical (unpaired) electrons. The predicted octanol–water partition coefficient (Wildman–Crippen LogP) is 1.75. The third-order valence-corrected chi connectivity index (χ3v) is 1.66. The largest absolute Gasteiger partial charge is 0.481 e. The zero-order chi connectivity index (χ0) is 9.68. The Bertz CT molecular complexity index is 310. The molecular weight excluding hydrogens is 164 g/mol. The van der Waals surface area contributed by atoms with Crippen LogP contribution in [0, 0.1) is 12.3 Å². The standard InChI is InChI=1S/C11H12O2/c1-3-7-13-11-6-4-5-10(8-11)9(2)12/h1,4-6,8-9,12H,7H2,2H3. The summed E-state index contributed by atoms with van der Waals surface area (Å²) in [6.45, 7) is 1.96. The molecule has 0 bridgehead atoms. The maximum absolute atomic E-state index is 9.28. The fourth-order valence-electron chi connectivity index (χ4n) is 0.989. The molecule has 0 amide bonds. The van der Waals surface area contributed by atoms with Gasteiger partial charge >= 0.3 is 0 Å². The van der Waals surface area contributed by atoms with Gasteiger partial charge in [0.1, 0.15) is 12.4 Å². The Kier molecular flexibility index (Phi) is 3.36. The Hall–Kier alpha value is -1.46. The Morgan fingerprint density at radius 2 is 2.38 bits per heavy atom. The molecule has 1 N–H and O–H groups in total. The number of hydrogen-bond donors (Lipinski definition) is 1. The first-order chi connectivity index (χ1) is 6.24. The minimum atomic E-state index is -0.477. The summed E-state index contributed by atoms with van der Waals surface area (Å²) < 4.78 is 5.20. The number of rotatable bonds is 3. The maximum atomic E-state index is 9.28. The minimum absolute atomic E-state index is 0.253. The normalized spacial score (nSPS) is 11.8. The molecule has 0 aliphatic carbocycles. The second kappa shape index (κ2) is 4.54. The van der Waals surface area contributed by atoms with Gasteiger partial charge in [-0.05, 0) is 24.6 Å². The maximum Gasteiger partial charge on any atom is 0.148 e. The van der Waals surface area contributed by atoms with Crippen LogP contribution < -0.4 is 4.74 Å². The van der Waals surface area contributed by atoms with E-state index >= 15 is 0 Å². The van der Waals surface area contributed by atoms with Crippen molar-refractivity contribution in [1.29, 1.82) is 0 Å². The SMILES string of the molecule is C#CCOc1cccc(C(C)O)c1. The molecule has 1 unspecified atom stereocenters. The van der Waals surface area contributed by atoms with E-state index in [9.17, 15) is 5.11 Å². The van der Waals surface area contributed by atoms with Gasteiger partial charge in [0.25, 0.3) is 0 Å². The van der Waals surface area contributed by atoms with Crippen LogP contribution in [-0.2, 0) is 0 Å². The minimum Gasteiger partial charge on any atom is -0.481 e. The van der Waals surface area contributed by atoms with Crippen molar-refractivity contribution in [1.82, 2.24) is 0 Å². The number of benzene rings is 1. The lowest BCUT2D eigenvalue weighted by atomic mass is 10.1. The van der Waals surface area contributed by atoms with Crippen molar-refractivity contribution >= 4 is 0 Å². The monoisotopic (exact) mass is 176 g/mol. The van der Waals surface area contributed by atoms with Gasteiger partial charge in [-0.3, -0.25) is 0 Å². The first-order valence-electron chi connectivity index (χ1n) is 4.08. The number of hydrogen-bond acceptors (Lipinski definition) is 2. The summed E-state index contributed by atoms with van der Waals surface area (Å²) in [6, 6.07) is 7.26. The van der Waals surface area contributed by atoms with Crippen molar-refractivity contribution in [3.05, 3.63) is 29.8 Å². The van der Waals surface area contributed by atoms with Gasteiger partial charge in [-0.1, -0.05) is 18.1 Å². The second-order valence-electron chi connectivity index (χ2n) is 2.74. The van der Waals surface area contributed by atoms with Gasteiger partial charge in [-0.2, -0.15) is 0 Å². The first kappa shape index (κ1) is 9.63. The molecule has 1 aromatic rings. The number of terminal acetylenes is 1. The molecule has 1 atom stereocenters. The van der Waals surface area contributed by atoms with Crippen molar-refractivity contribution in [2.24, 2.45) is 0 Å². The summed E-state index contributed by atoms with van der Waals surface area (Å²) in [5.41, 5.74) is 0.828. The Morgan fingerprint density at radius 3 is 3.00 bits per heavy atom. The first-order valence-corrected chi connectivity index (χ1v) is 4.08. The molecule has 0 aliphatic rings. The third-order valence-electron chi connectivity index (χ3n) is 1.66. The molecule has 0 fully saturated rings. The number of aliphatic hydroxyl groups is 1. The highest BCUT2D eigenvalue weighted by molar-refractivity contribution is 5.29. The molecule has 0 aliphatic heterocycles. The number of aliphatic hydroxyl groups excluding tert-OH is 1. The summed E-state index contributed by atoms with van der Waals surface area (Å²) >= 11 is 0. The second-order valence-corrected chi connectivity index (χ2v) is 2.74. The lowest BCUT2D eigenvalue weighted by Gasteiger charge is -2.07. The van der Waals surface area contributed by atoms with E-state index in [-0.39, 0.29) is 6.61 Å². The fourth-order valence-corrected chi connectivity index (χ4v) is 0.989. The molecule has 1 rings (SSSR count). The Labute approximate surface area is 78.2 Å². The number of ether oxygens (including phenoxy) is 1. The van der Waals surface area contributed by atoms with Crippen molar-refractivity contribution in [3.63, 3.8) is 0 Å². The molecule has 0 saturated heterocycles. The summed E-state index contributed by atoms with van der Waals surface area (Å²) in [5, 5.41) is 9.28. The molecular formula is C11H12O2. The van der Waals surface area contributed by atoms with Crippen LogP contribution in [0.5, 0.6) is 5.75 Å². The molecule has 68 valence electrons. The molecule has 13 heavy (non-hydrogen) atoms. The predicted molar refractivity (Wildman–Crippen MR) is 51.4 cm³/mol. The average Bonchev–Trinajstić information content (AvgIpc) is 2.15. The summed E-state index contributed by atoms with van der Waals surface area (Å²) in [5.74, 6) is 3.07. The molecule has 0 spiro atoms. The van der Waals surface area contributed by atoms with E-state index in [2.05, 4.69) is 5.92 Å². The quantitative estimate of drug-likeness (QED) is 0.711. The van der Waals surface area contributed by atoms with Gasteiger partial charge in [0.15, 0.2) is 0 Å².